The van der Waals surface area contributed by atoms with Crippen molar-refractivity contribution in [2.45, 2.75) is 50.6 Å². The van der Waals surface area contributed by atoms with Crippen molar-refractivity contribution in [2.75, 3.05) is 11.5 Å². The monoisotopic (exact) mass is 379 g/mol. The van der Waals surface area contributed by atoms with Crippen molar-refractivity contribution in [3.8, 4) is 0 Å². The molecule has 0 spiro atoms. The molecular weight excluding hydrogens is 358 g/mol. The van der Waals surface area contributed by atoms with Crippen LogP contribution in [0.4, 0.5) is 0 Å². The number of sulfonamides is 1. The lowest BCUT2D eigenvalue weighted by atomic mass is 10.2. The predicted molar refractivity (Wildman–Crippen MR) is 92.0 cm³/mol. The number of hydrogen-bond donors (Lipinski definition) is 0. The van der Waals surface area contributed by atoms with E-state index in [0.717, 1.165) is 0 Å². The molecule has 0 radical (unpaired) electrons. The Morgan fingerprint density at radius 3 is 2.57 bits per heavy atom. The molecular formula is C15H22ClNO4S2. The van der Waals surface area contributed by atoms with Gasteiger partial charge in [-0.05, 0) is 44.4 Å². The minimum Gasteiger partial charge on any atom is -0.229 e. The average molecular weight is 380 g/mol. The van der Waals surface area contributed by atoms with Crippen molar-refractivity contribution in [2.24, 2.45) is 0 Å². The van der Waals surface area contributed by atoms with Crippen LogP contribution >= 0.6 is 11.6 Å². The summed E-state index contributed by atoms with van der Waals surface area (Å²) in [6.07, 6.45) is 0.945. The van der Waals surface area contributed by atoms with Gasteiger partial charge >= 0.3 is 0 Å². The van der Waals surface area contributed by atoms with Crippen molar-refractivity contribution in [1.29, 1.82) is 0 Å². The summed E-state index contributed by atoms with van der Waals surface area (Å²) in [5, 5.41) is 0.345. The van der Waals surface area contributed by atoms with Crippen LogP contribution in [0.3, 0.4) is 0 Å². The van der Waals surface area contributed by atoms with Crippen LogP contribution in [0.5, 0.6) is 0 Å². The first kappa shape index (κ1) is 18.7. The molecule has 2 rings (SSSR count). The third kappa shape index (κ3) is 3.90. The molecule has 1 aliphatic heterocycles. The second-order valence-electron chi connectivity index (χ2n) is 6.06. The molecule has 2 atom stereocenters. The third-order valence-corrected chi connectivity index (χ3v) is 8.49. The highest BCUT2D eigenvalue weighted by atomic mass is 35.5. The molecule has 0 N–H and O–H groups in total. The van der Waals surface area contributed by atoms with E-state index in [4.69, 9.17) is 11.6 Å². The zero-order valence-electron chi connectivity index (χ0n) is 13.5. The molecule has 1 saturated heterocycles. The second kappa shape index (κ2) is 6.70. The van der Waals surface area contributed by atoms with Gasteiger partial charge in [0.1, 0.15) is 0 Å². The highest BCUT2D eigenvalue weighted by Crippen LogP contribution is 2.30. The highest BCUT2D eigenvalue weighted by molar-refractivity contribution is 7.92. The van der Waals surface area contributed by atoms with Gasteiger partial charge in [-0.1, -0.05) is 24.6 Å². The molecule has 1 fully saturated rings. The standard InChI is InChI=1S/C15H22ClNO4S2/c1-4-12(3)17(14-7-8-22(18,19)10-14)23(20,21)15-9-13(16)6-5-11(15)2/h5-6,9,12,14H,4,7-8,10H2,1-3H3/t12-,14-/m0/s1. The van der Waals surface area contributed by atoms with Gasteiger partial charge in [0.25, 0.3) is 0 Å². The lowest BCUT2D eigenvalue weighted by molar-refractivity contribution is 0.271. The molecule has 0 amide bonds. The molecule has 1 aromatic carbocycles. The second-order valence-corrected chi connectivity index (χ2v) is 10.5. The molecule has 23 heavy (non-hydrogen) atoms. The Bertz CT molecular complexity index is 790. The van der Waals surface area contributed by atoms with E-state index < -0.39 is 25.9 Å². The summed E-state index contributed by atoms with van der Waals surface area (Å²) in [6.45, 7) is 5.41. The first-order valence-corrected chi connectivity index (χ1v) is 11.2. The number of benzene rings is 1. The molecule has 8 heteroatoms. The number of rotatable bonds is 5. The summed E-state index contributed by atoms with van der Waals surface area (Å²) in [5.74, 6) is -0.0785. The zero-order chi connectivity index (χ0) is 17.4. The van der Waals surface area contributed by atoms with Gasteiger partial charge in [0, 0.05) is 17.1 Å². The van der Waals surface area contributed by atoms with Crippen LogP contribution in [0.2, 0.25) is 5.02 Å². The summed E-state index contributed by atoms with van der Waals surface area (Å²) < 4.78 is 51.3. The maximum Gasteiger partial charge on any atom is 0.243 e. The smallest absolute Gasteiger partial charge is 0.229 e. The van der Waals surface area contributed by atoms with Crippen molar-refractivity contribution in [3.05, 3.63) is 28.8 Å². The van der Waals surface area contributed by atoms with Gasteiger partial charge in [0.15, 0.2) is 9.84 Å². The fourth-order valence-electron chi connectivity index (χ4n) is 2.91. The third-order valence-electron chi connectivity index (χ3n) is 4.30. The minimum absolute atomic E-state index is 0.0364. The number of aryl methyl sites for hydroxylation is 1. The van der Waals surface area contributed by atoms with E-state index in [-0.39, 0.29) is 22.4 Å². The molecule has 1 aromatic rings. The molecule has 1 heterocycles. The molecule has 0 aliphatic carbocycles. The van der Waals surface area contributed by atoms with E-state index >= 15 is 0 Å². The molecule has 0 bridgehead atoms. The Hall–Kier alpha value is -0.630. The Balaban J connectivity index is 2.52. The van der Waals surface area contributed by atoms with Crippen LogP contribution in [0.15, 0.2) is 23.1 Å². The quantitative estimate of drug-likeness (QED) is 0.788. The first-order valence-electron chi connectivity index (χ1n) is 7.58. The van der Waals surface area contributed by atoms with Crippen molar-refractivity contribution >= 4 is 31.5 Å². The van der Waals surface area contributed by atoms with Gasteiger partial charge in [-0.2, -0.15) is 4.31 Å². The van der Waals surface area contributed by atoms with Crippen molar-refractivity contribution in [1.82, 2.24) is 4.31 Å². The molecule has 0 unspecified atom stereocenters. The molecule has 1 aliphatic rings. The SMILES string of the molecule is CC[C@H](C)N([C@H]1CCS(=O)(=O)C1)S(=O)(=O)c1cc(Cl)ccc1C. The summed E-state index contributed by atoms with van der Waals surface area (Å²) in [6, 6.07) is 3.94. The zero-order valence-corrected chi connectivity index (χ0v) is 15.9. The van der Waals surface area contributed by atoms with E-state index in [0.29, 0.717) is 23.4 Å². The van der Waals surface area contributed by atoms with Crippen LogP contribution in [0, 0.1) is 6.92 Å². The van der Waals surface area contributed by atoms with Gasteiger partial charge in [-0.3, -0.25) is 0 Å². The van der Waals surface area contributed by atoms with Gasteiger partial charge in [-0.15, -0.1) is 0 Å². The summed E-state index contributed by atoms with van der Waals surface area (Å²) in [5.41, 5.74) is 0.601. The molecule has 0 aromatic heterocycles. The topological polar surface area (TPSA) is 71.5 Å². The van der Waals surface area contributed by atoms with Crippen LogP contribution in [-0.4, -0.2) is 44.7 Å². The van der Waals surface area contributed by atoms with E-state index in [1.807, 2.05) is 13.8 Å². The van der Waals surface area contributed by atoms with Gasteiger partial charge in [0.05, 0.1) is 16.4 Å². The molecule has 0 saturated carbocycles. The lowest BCUT2D eigenvalue weighted by Gasteiger charge is -2.32. The van der Waals surface area contributed by atoms with Crippen LogP contribution in [0.1, 0.15) is 32.3 Å². The summed E-state index contributed by atoms with van der Waals surface area (Å²) in [4.78, 5) is 0.148. The Kier molecular flexibility index (Phi) is 5.45. The van der Waals surface area contributed by atoms with E-state index in [9.17, 15) is 16.8 Å². The summed E-state index contributed by atoms with van der Waals surface area (Å²) >= 11 is 5.97. The van der Waals surface area contributed by atoms with E-state index in [1.165, 1.54) is 10.4 Å². The normalized spacial score (nSPS) is 22.4. The number of hydrogen-bond acceptors (Lipinski definition) is 4. The highest BCUT2D eigenvalue weighted by Gasteiger charge is 2.41. The largest absolute Gasteiger partial charge is 0.243 e. The fourth-order valence-corrected chi connectivity index (χ4v) is 7.13. The van der Waals surface area contributed by atoms with Crippen LogP contribution in [-0.2, 0) is 19.9 Å². The van der Waals surface area contributed by atoms with E-state index in [2.05, 4.69) is 0 Å². The number of sulfone groups is 1. The van der Waals surface area contributed by atoms with Crippen LogP contribution < -0.4 is 0 Å². The van der Waals surface area contributed by atoms with Crippen molar-refractivity contribution in [3.63, 3.8) is 0 Å². The van der Waals surface area contributed by atoms with Gasteiger partial charge < -0.3 is 0 Å². The lowest BCUT2D eigenvalue weighted by Crippen LogP contribution is -2.46. The number of halogens is 1. The molecule has 130 valence electrons. The van der Waals surface area contributed by atoms with Crippen molar-refractivity contribution < 1.29 is 16.8 Å². The fraction of sp³-hybridized carbons (Fsp3) is 0.600. The van der Waals surface area contributed by atoms with Gasteiger partial charge in [-0.25, -0.2) is 16.8 Å². The number of nitrogens with zero attached hydrogens (tertiary/aromatic N) is 1. The Labute approximate surface area is 143 Å². The average Bonchev–Trinajstić information content (AvgIpc) is 2.80. The van der Waals surface area contributed by atoms with Gasteiger partial charge in [0.2, 0.25) is 10.0 Å². The van der Waals surface area contributed by atoms with E-state index in [1.54, 1.807) is 19.1 Å². The van der Waals surface area contributed by atoms with Crippen LogP contribution in [0.25, 0.3) is 0 Å². The Morgan fingerprint density at radius 2 is 2.04 bits per heavy atom. The molecule has 5 nitrogen and oxygen atoms in total. The summed E-state index contributed by atoms with van der Waals surface area (Å²) in [7, 11) is -6.99. The maximum absolute atomic E-state index is 13.2. The first-order chi connectivity index (χ1) is 10.6. The predicted octanol–water partition coefficient (Wildman–Crippen LogP) is 2.62. The Morgan fingerprint density at radius 1 is 1.39 bits per heavy atom. The maximum atomic E-state index is 13.2. The minimum atomic E-state index is -3.81.